The van der Waals surface area contributed by atoms with E-state index in [-0.39, 0.29) is 30.0 Å². The quantitative estimate of drug-likeness (QED) is 0.101. The predicted molar refractivity (Wildman–Crippen MR) is 150 cm³/mol. The van der Waals surface area contributed by atoms with E-state index in [1.165, 1.54) is 61.9 Å². The number of benzene rings is 3. The highest BCUT2D eigenvalue weighted by Gasteiger charge is 2.16. The highest BCUT2D eigenvalue weighted by atomic mass is 16.6. The lowest BCUT2D eigenvalue weighted by atomic mass is 9.84. The molecule has 0 saturated heterocycles. The zero-order valence-corrected chi connectivity index (χ0v) is 21.9. The highest BCUT2D eigenvalue weighted by molar-refractivity contribution is 6.09. The van der Waals surface area contributed by atoms with Crippen molar-refractivity contribution >= 4 is 23.4 Å². The Morgan fingerprint density at radius 1 is 1.05 bits per heavy atom. The van der Waals surface area contributed by atoms with Gasteiger partial charge in [0.15, 0.2) is 0 Å². The molecule has 1 aliphatic carbocycles. The van der Waals surface area contributed by atoms with Crippen LogP contribution in [0.3, 0.4) is 0 Å². The van der Waals surface area contributed by atoms with Crippen LogP contribution in [0.15, 0.2) is 72.3 Å². The Labute approximate surface area is 228 Å². The van der Waals surface area contributed by atoms with Crippen molar-refractivity contribution in [2.45, 2.75) is 44.9 Å². The smallest absolute Gasteiger partial charge is 0.270 e. The fourth-order valence-corrected chi connectivity index (χ4v) is 4.70. The van der Waals surface area contributed by atoms with Gasteiger partial charge in [-0.15, -0.1) is 0 Å². The van der Waals surface area contributed by atoms with Gasteiger partial charge in [0.05, 0.1) is 4.92 Å². The van der Waals surface area contributed by atoms with Crippen molar-refractivity contribution in [3.8, 4) is 17.6 Å². The first-order valence-electron chi connectivity index (χ1n) is 13.1. The summed E-state index contributed by atoms with van der Waals surface area (Å²) < 4.78 is 11.7. The molecule has 0 unspecified atom stereocenters. The summed E-state index contributed by atoms with van der Waals surface area (Å²) in [5.74, 6) is 1.04. The fourth-order valence-electron chi connectivity index (χ4n) is 4.70. The second-order valence-electron chi connectivity index (χ2n) is 9.57. The van der Waals surface area contributed by atoms with Gasteiger partial charge < -0.3 is 14.8 Å². The fraction of sp³-hybridized carbons (Fsp3) is 0.290. The minimum atomic E-state index is -0.624. The lowest BCUT2D eigenvalue weighted by Gasteiger charge is -2.22. The second kappa shape index (κ2) is 13.2. The molecule has 4 rings (SSSR count). The number of carbonyl (C=O) groups is 1. The number of ether oxygens (including phenoxy) is 2. The summed E-state index contributed by atoms with van der Waals surface area (Å²) >= 11 is 0. The number of nitro benzene ring substituents is 1. The van der Waals surface area contributed by atoms with Gasteiger partial charge in [-0.1, -0.05) is 43.5 Å². The van der Waals surface area contributed by atoms with Crippen LogP contribution >= 0.6 is 0 Å². The molecule has 1 fully saturated rings. The van der Waals surface area contributed by atoms with E-state index < -0.39 is 10.8 Å². The molecule has 0 heterocycles. The van der Waals surface area contributed by atoms with Crippen LogP contribution in [-0.4, -0.2) is 24.0 Å². The van der Waals surface area contributed by atoms with Gasteiger partial charge >= 0.3 is 0 Å². The SMILES string of the molecule is Cc1cccc(NC(=O)/C(C#N)=C/c2cc([N+](=O)[O-])ccc2OCCOc2ccc(C3CCCCC3)cc2)c1. The van der Waals surface area contributed by atoms with Crippen LogP contribution in [0.1, 0.15) is 54.7 Å². The third kappa shape index (κ3) is 7.68. The summed E-state index contributed by atoms with van der Waals surface area (Å²) in [5, 5.41) is 23.7. The molecule has 1 amide bonds. The van der Waals surface area contributed by atoms with Crippen LogP contribution in [-0.2, 0) is 4.79 Å². The van der Waals surface area contributed by atoms with Gasteiger partial charge in [-0.3, -0.25) is 14.9 Å². The van der Waals surface area contributed by atoms with E-state index in [2.05, 4.69) is 17.4 Å². The normalized spacial score (nSPS) is 13.8. The highest BCUT2D eigenvalue weighted by Crippen LogP contribution is 2.33. The summed E-state index contributed by atoms with van der Waals surface area (Å²) in [4.78, 5) is 23.5. The monoisotopic (exact) mass is 525 g/mol. The maximum atomic E-state index is 12.7. The number of aryl methyl sites for hydroxylation is 1. The topological polar surface area (TPSA) is 114 Å². The van der Waals surface area contributed by atoms with E-state index in [1.807, 2.05) is 31.2 Å². The number of non-ortho nitro benzene ring substituents is 1. The minimum Gasteiger partial charge on any atom is -0.490 e. The first-order valence-corrected chi connectivity index (χ1v) is 13.1. The van der Waals surface area contributed by atoms with Gasteiger partial charge in [0.2, 0.25) is 0 Å². The van der Waals surface area contributed by atoms with E-state index >= 15 is 0 Å². The number of hydrogen-bond acceptors (Lipinski definition) is 6. The summed E-state index contributed by atoms with van der Waals surface area (Å²) in [7, 11) is 0. The van der Waals surface area contributed by atoms with Crippen LogP contribution in [0.2, 0.25) is 0 Å². The number of nitriles is 1. The Morgan fingerprint density at radius 2 is 1.79 bits per heavy atom. The molecule has 8 nitrogen and oxygen atoms in total. The maximum absolute atomic E-state index is 12.7. The van der Waals surface area contributed by atoms with Gasteiger partial charge in [0.1, 0.15) is 36.4 Å². The standard InChI is InChI=1S/C31H31N3O5/c1-22-6-5-9-27(18-22)33-31(35)26(21-32)19-25-20-28(34(36)37)12-15-30(25)39-17-16-38-29-13-10-24(11-14-29)23-7-3-2-4-8-23/h5-6,9-15,18-20,23H,2-4,7-8,16-17H2,1H3,(H,33,35)/b26-19+. The molecule has 3 aromatic rings. The van der Waals surface area contributed by atoms with Crippen molar-refractivity contribution in [3.05, 3.63) is 99.1 Å². The lowest BCUT2D eigenvalue weighted by Crippen LogP contribution is -2.14. The van der Waals surface area contributed by atoms with Gasteiger partial charge in [-0.2, -0.15) is 5.26 Å². The van der Waals surface area contributed by atoms with Gasteiger partial charge in [0, 0.05) is 23.4 Å². The molecule has 0 spiro atoms. The zero-order valence-electron chi connectivity index (χ0n) is 21.9. The summed E-state index contributed by atoms with van der Waals surface area (Å²) in [6, 6.07) is 21.3. The van der Waals surface area contributed by atoms with Crippen molar-refractivity contribution in [2.75, 3.05) is 18.5 Å². The van der Waals surface area contributed by atoms with Crippen molar-refractivity contribution in [1.82, 2.24) is 0 Å². The van der Waals surface area contributed by atoms with Crippen LogP contribution < -0.4 is 14.8 Å². The van der Waals surface area contributed by atoms with Gasteiger partial charge in [-0.05, 0) is 73.2 Å². The van der Waals surface area contributed by atoms with E-state index in [1.54, 1.807) is 18.2 Å². The molecule has 1 N–H and O–H groups in total. The number of amides is 1. The molecule has 0 radical (unpaired) electrons. The predicted octanol–water partition coefficient (Wildman–Crippen LogP) is 6.95. The average Bonchev–Trinajstić information content (AvgIpc) is 2.95. The van der Waals surface area contributed by atoms with E-state index in [0.29, 0.717) is 17.4 Å². The number of hydrogen-bond donors (Lipinski definition) is 1. The van der Waals surface area contributed by atoms with Gasteiger partial charge in [-0.25, -0.2) is 0 Å². The van der Waals surface area contributed by atoms with E-state index in [0.717, 1.165) is 11.3 Å². The molecule has 1 aliphatic rings. The van der Waals surface area contributed by atoms with Crippen LogP contribution in [0.4, 0.5) is 11.4 Å². The lowest BCUT2D eigenvalue weighted by molar-refractivity contribution is -0.384. The molecule has 3 aromatic carbocycles. The Bertz CT molecular complexity index is 1390. The second-order valence-corrected chi connectivity index (χ2v) is 9.57. The van der Waals surface area contributed by atoms with E-state index in [9.17, 15) is 20.2 Å². The summed E-state index contributed by atoms with van der Waals surface area (Å²) in [6.07, 6.45) is 7.66. The van der Waals surface area contributed by atoms with Gasteiger partial charge in [0.25, 0.3) is 11.6 Å². The Hall–Kier alpha value is -4.64. The maximum Gasteiger partial charge on any atom is 0.270 e. The van der Waals surface area contributed by atoms with Crippen molar-refractivity contribution in [2.24, 2.45) is 0 Å². The molecule has 1 saturated carbocycles. The first-order chi connectivity index (χ1) is 18.9. The summed E-state index contributed by atoms with van der Waals surface area (Å²) in [6.45, 7) is 2.31. The number of nitro groups is 1. The van der Waals surface area contributed by atoms with Crippen LogP contribution in [0.5, 0.6) is 11.5 Å². The molecular formula is C31H31N3O5. The van der Waals surface area contributed by atoms with Crippen LogP contribution in [0, 0.1) is 28.4 Å². The zero-order chi connectivity index (χ0) is 27.6. The number of carbonyl (C=O) groups excluding carboxylic acids is 1. The molecule has 8 heteroatoms. The van der Waals surface area contributed by atoms with Crippen molar-refractivity contribution in [1.29, 1.82) is 5.26 Å². The molecular weight excluding hydrogens is 494 g/mol. The Kier molecular flexibility index (Phi) is 9.30. The third-order valence-electron chi connectivity index (χ3n) is 6.71. The molecule has 200 valence electrons. The Morgan fingerprint density at radius 3 is 2.49 bits per heavy atom. The van der Waals surface area contributed by atoms with Crippen LogP contribution in [0.25, 0.3) is 6.08 Å². The first kappa shape index (κ1) is 27.4. The number of anilines is 1. The molecule has 0 atom stereocenters. The number of nitrogens with one attached hydrogen (secondary N) is 1. The number of nitrogens with zero attached hydrogens (tertiary/aromatic N) is 2. The average molecular weight is 526 g/mol. The molecule has 0 bridgehead atoms. The van der Waals surface area contributed by atoms with Crippen molar-refractivity contribution in [3.63, 3.8) is 0 Å². The Balaban J connectivity index is 1.41. The van der Waals surface area contributed by atoms with E-state index in [4.69, 9.17) is 9.47 Å². The number of rotatable bonds is 10. The molecule has 39 heavy (non-hydrogen) atoms. The molecule has 0 aliphatic heterocycles. The largest absolute Gasteiger partial charge is 0.490 e. The minimum absolute atomic E-state index is 0.167. The van der Waals surface area contributed by atoms with Crippen molar-refractivity contribution < 1.29 is 19.2 Å². The third-order valence-corrected chi connectivity index (χ3v) is 6.71. The summed E-state index contributed by atoms with van der Waals surface area (Å²) in [5.41, 5.74) is 2.69. The molecule has 0 aromatic heterocycles.